The van der Waals surface area contributed by atoms with Crippen molar-refractivity contribution in [3.8, 4) is 17.9 Å². The van der Waals surface area contributed by atoms with E-state index in [2.05, 4.69) is 29.0 Å². The summed E-state index contributed by atoms with van der Waals surface area (Å²) in [6.07, 6.45) is 19.5. The van der Waals surface area contributed by atoms with Crippen molar-refractivity contribution in [1.29, 1.82) is 15.9 Å². The predicted molar refractivity (Wildman–Crippen MR) is 242 cm³/mol. The van der Waals surface area contributed by atoms with Gasteiger partial charge in [0.15, 0.2) is 5.79 Å². The molecular weight excluding hydrogens is 824 g/mol. The Bertz CT molecular complexity index is 1860. The Morgan fingerprint density at radius 1 is 0.937 bits per heavy atom. The zero-order valence-electron chi connectivity index (χ0n) is 38.3. The number of amidine groups is 1. The first-order chi connectivity index (χ1) is 30.2. The Morgan fingerprint density at radius 3 is 2.13 bits per heavy atom. The van der Waals surface area contributed by atoms with Crippen molar-refractivity contribution in [2.45, 2.75) is 199 Å². The van der Waals surface area contributed by atoms with Crippen molar-refractivity contribution in [3.05, 3.63) is 52.8 Å². The maximum Gasteiger partial charge on any atom is 0.472 e. The van der Waals surface area contributed by atoms with Crippen LogP contribution in [0.1, 0.15) is 179 Å². The molecular formula is C47H73N6O9P. The van der Waals surface area contributed by atoms with E-state index in [1.165, 1.54) is 89.9 Å². The SMILES string of the molecule is CCCCCCCCCCCCCCCCCCC[C@H](COP(=O)(O)OC[C@@]1(C#N)O[C@@H](c2ccc(/C(N)=N\C=N)[nH]2)[C@@H]2OC(C)(C)O[C@@H]21)OCc1ccc(C#N)c(OC(C)C)c1. The summed E-state index contributed by atoms with van der Waals surface area (Å²) in [5.74, 6) is -0.551. The van der Waals surface area contributed by atoms with E-state index in [-0.39, 0.29) is 25.2 Å². The molecule has 0 spiro atoms. The molecule has 0 amide bonds. The summed E-state index contributed by atoms with van der Waals surface area (Å²) in [5, 5.41) is 27.3. The van der Waals surface area contributed by atoms with E-state index in [0.717, 1.165) is 31.2 Å². The molecule has 350 valence electrons. The summed E-state index contributed by atoms with van der Waals surface area (Å²) in [5.41, 5.74) is 6.24. The number of aromatic amines is 1. The van der Waals surface area contributed by atoms with Crippen LogP contribution in [0.4, 0.5) is 0 Å². The minimum atomic E-state index is -4.76. The molecule has 2 aliphatic rings. The van der Waals surface area contributed by atoms with Gasteiger partial charge in [0.2, 0.25) is 5.60 Å². The number of rotatable bonds is 32. The number of nitrogens with zero attached hydrogens (tertiary/aromatic N) is 3. The summed E-state index contributed by atoms with van der Waals surface area (Å²) in [4.78, 5) is 17.9. The minimum Gasteiger partial charge on any atom is -0.490 e. The van der Waals surface area contributed by atoms with Crippen LogP contribution in [0.25, 0.3) is 0 Å². The molecule has 2 saturated heterocycles. The molecule has 15 nitrogen and oxygen atoms in total. The zero-order chi connectivity index (χ0) is 45.7. The van der Waals surface area contributed by atoms with Crippen molar-refractivity contribution < 1.29 is 42.2 Å². The Morgan fingerprint density at radius 2 is 1.56 bits per heavy atom. The second kappa shape index (κ2) is 26.4. The summed E-state index contributed by atoms with van der Waals surface area (Å²) in [7, 11) is -4.76. The molecule has 0 saturated carbocycles. The highest BCUT2D eigenvalue weighted by Gasteiger charge is 2.64. The lowest BCUT2D eigenvalue weighted by Crippen LogP contribution is -2.45. The fourth-order valence-corrected chi connectivity index (χ4v) is 8.88. The van der Waals surface area contributed by atoms with Crippen LogP contribution in [0.2, 0.25) is 0 Å². The smallest absolute Gasteiger partial charge is 0.472 e. The van der Waals surface area contributed by atoms with E-state index in [4.69, 9.17) is 43.9 Å². The Hall–Kier alpha value is -3.63. The highest BCUT2D eigenvalue weighted by Crippen LogP contribution is 2.52. The van der Waals surface area contributed by atoms with Gasteiger partial charge in [0.25, 0.3) is 0 Å². The molecule has 16 heteroatoms. The third kappa shape index (κ3) is 17.0. The standard InChI is InChI=1S/C47H73N6O9P/c1-6-7-8-9-10-11-12-13-14-15-16-17-18-19-20-21-22-23-38(56-30-36-24-25-37(29-48)41(28-36)59-35(2)3)31-57-63(54,55)58-33-47(32-49)44-43(60-46(4,5)62-44)42(61-47)39-26-27-40(53-39)45(51)52-34-50/h24-28,34-35,38,42-44,53H,6-23,30-31,33H2,1-5H3,(H,54,55)(H3,50,51,52)/t38-,42+,43+,44+,47-/m1/s1. The van der Waals surface area contributed by atoms with Gasteiger partial charge < -0.3 is 39.3 Å². The molecule has 4 rings (SSSR count). The lowest BCUT2D eigenvalue weighted by Gasteiger charge is -2.29. The molecule has 2 fully saturated rings. The van der Waals surface area contributed by atoms with Gasteiger partial charge in [0, 0.05) is 5.69 Å². The van der Waals surface area contributed by atoms with Crippen LogP contribution >= 0.6 is 7.82 Å². The van der Waals surface area contributed by atoms with Crippen molar-refractivity contribution in [3.63, 3.8) is 0 Å². The van der Waals surface area contributed by atoms with Crippen LogP contribution in [0, 0.1) is 28.1 Å². The summed E-state index contributed by atoms with van der Waals surface area (Å²) >= 11 is 0. The number of phosphoric acid groups is 1. The molecule has 63 heavy (non-hydrogen) atoms. The molecule has 2 aromatic rings. The number of benzene rings is 1. The fourth-order valence-electron chi connectivity index (χ4n) is 8.10. The first-order valence-corrected chi connectivity index (χ1v) is 24.6. The number of unbranched alkanes of at least 4 members (excludes halogenated alkanes) is 16. The number of phosphoric ester groups is 1. The first-order valence-electron chi connectivity index (χ1n) is 23.1. The maximum atomic E-state index is 13.5. The van der Waals surface area contributed by atoms with Crippen LogP contribution in [0.15, 0.2) is 35.3 Å². The Kier molecular flexibility index (Phi) is 21.8. The number of nitrogens with two attached hydrogens (primary N) is 1. The van der Waals surface area contributed by atoms with E-state index in [0.29, 0.717) is 29.1 Å². The van der Waals surface area contributed by atoms with Crippen LogP contribution in [0.3, 0.4) is 0 Å². The molecule has 0 aliphatic carbocycles. The van der Waals surface area contributed by atoms with Crippen LogP contribution in [0.5, 0.6) is 5.75 Å². The highest BCUT2D eigenvalue weighted by atomic mass is 31.2. The number of nitrogens with one attached hydrogen (secondary N) is 2. The predicted octanol–water partition coefficient (Wildman–Crippen LogP) is 10.6. The molecule has 0 radical (unpaired) electrons. The fraction of sp³-hybridized carbons (Fsp3) is 0.702. The quantitative estimate of drug-likeness (QED) is 0.0233. The van der Waals surface area contributed by atoms with Gasteiger partial charge in [-0.2, -0.15) is 10.5 Å². The molecule has 1 unspecified atom stereocenters. The molecule has 5 N–H and O–H groups in total. The monoisotopic (exact) mass is 897 g/mol. The van der Waals surface area contributed by atoms with Crippen LogP contribution < -0.4 is 10.5 Å². The third-order valence-electron chi connectivity index (χ3n) is 11.4. The topological polar surface area (TPSA) is 228 Å². The van der Waals surface area contributed by atoms with E-state index in [9.17, 15) is 20.0 Å². The van der Waals surface area contributed by atoms with E-state index >= 15 is 0 Å². The molecule has 1 aromatic carbocycles. The highest BCUT2D eigenvalue weighted by molar-refractivity contribution is 7.47. The lowest BCUT2D eigenvalue weighted by molar-refractivity contribution is -0.204. The normalized spacial score (nSPS) is 22.0. The lowest BCUT2D eigenvalue weighted by atomic mass is 9.96. The van der Waals surface area contributed by atoms with E-state index in [1.54, 1.807) is 44.2 Å². The van der Waals surface area contributed by atoms with Gasteiger partial charge in [0.1, 0.15) is 55.0 Å². The number of H-pyrrole nitrogens is 1. The van der Waals surface area contributed by atoms with Gasteiger partial charge in [-0.05, 0) is 63.9 Å². The minimum absolute atomic E-state index is 0.0806. The molecule has 6 atom stereocenters. The number of aliphatic imine (C=N–C) groups is 1. The largest absolute Gasteiger partial charge is 0.490 e. The van der Waals surface area contributed by atoms with Gasteiger partial charge in [0.05, 0.1) is 36.7 Å². The van der Waals surface area contributed by atoms with Crippen molar-refractivity contribution in [2.24, 2.45) is 10.7 Å². The second-order valence-corrected chi connectivity index (χ2v) is 19.0. The van der Waals surface area contributed by atoms with Gasteiger partial charge >= 0.3 is 7.82 Å². The number of hydrogen-bond acceptors (Lipinski definition) is 11. The molecule has 0 bridgehead atoms. The van der Waals surface area contributed by atoms with E-state index < -0.39 is 50.2 Å². The Balaban J connectivity index is 1.30. The second-order valence-electron chi connectivity index (χ2n) is 17.6. The number of aromatic nitrogens is 1. The maximum absolute atomic E-state index is 13.5. The number of nitriles is 2. The zero-order valence-corrected chi connectivity index (χ0v) is 39.2. The average Bonchev–Trinajstić information content (AvgIpc) is 3.95. The van der Waals surface area contributed by atoms with Crippen molar-refractivity contribution in [2.75, 3.05) is 13.2 Å². The Labute approximate surface area is 375 Å². The number of ether oxygens (including phenoxy) is 5. The average molecular weight is 897 g/mol. The van der Waals surface area contributed by atoms with Gasteiger partial charge in [-0.25, -0.2) is 9.56 Å². The van der Waals surface area contributed by atoms with Gasteiger partial charge in [-0.15, -0.1) is 0 Å². The number of fused-ring (bicyclic) bond motifs is 1. The van der Waals surface area contributed by atoms with Crippen LogP contribution in [-0.2, 0) is 39.2 Å². The van der Waals surface area contributed by atoms with Crippen molar-refractivity contribution in [1.82, 2.24) is 4.98 Å². The van der Waals surface area contributed by atoms with Crippen LogP contribution in [-0.4, -0.2) is 71.1 Å². The molecule has 1 aromatic heterocycles. The summed E-state index contributed by atoms with van der Waals surface area (Å²) in [6, 6.07) is 12.9. The van der Waals surface area contributed by atoms with Gasteiger partial charge in [-0.3, -0.25) is 14.5 Å². The number of hydrogen-bond donors (Lipinski definition) is 4. The molecule has 3 heterocycles. The third-order valence-corrected chi connectivity index (χ3v) is 12.3. The van der Waals surface area contributed by atoms with E-state index in [1.807, 2.05) is 13.8 Å². The first kappa shape index (κ1) is 52.0. The van der Waals surface area contributed by atoms with Gasteiger partial charge in [-0.1, -0.05) is 122 Å². The molecule has 2 aliphatic heterocycles. The summed E-state index contributed by atoms with van der Waals surface area (Å²) in [6.45, 7) is 8.71. The summed E-state index contributed by atoms with van der Waals surface area (Å²) < 4.78 is 55.2. The van der Waals surface area contributed by atoms with Crippen molar-refractivity contribution >= 4 is 20.0 Å².